The van der Waals surface area contributed by atoms with E-state index in [1.54, 1.807) is 0 Å². The number of likely N-dealkylation sites (N-methyl/N-ethyl adjacent to an activating group) is 1. The molecule has 3 heteroatoms. The van der Waals surface area contributed by atoms with E-state index >= 15 is 0 Å². The number of hydrogen-bond donors (Lipinski definition) is 2. The van der Waals surface area contributed by atoms with Crippen molar-refractivity contribution in [2.24, 2.45) is 11.3 Å². The Labute approximate surface area is 112 Å². The molecule has 0 bridgehead atoms. The molecule has 108 valence electrons. The third-order valence-electron chi connectivity index (χ3n) is 3.88. The summed E-state index contributed by atoms with van der Waals surface area (Å²) in [5, 5.41) is 12.5. The SMILES string of the molecule is CCNC(CO)CCOC1CC(C)CC(C)(C)C1. The van der Waals surface area contributed by atoms with E-state index in [0.29, 0.717) is 11.5 Å². The highest BCUT2D eigenvalue weighted by Crippen LogP contribution is 2.39. The van der Waals surface area contributed by atoms with E-state index in [-0.39, 0.29) is 12.6 Å². The summed E-state index contributed by atoms with van der Waals surface area (Å²) in [5.74, 6) is 0.765. The Kier molecular flexibility index (Phi) is 6.61. The minimum atomic E-state index is 0.184. The fourth-order valence-electron chi connectivity index (χ4n) is 3.31. The van der Waals surface area contributed by atoms with E-state index in [2.05, 4.69) is 33.0 Å². The van der Waals surface area contributed by atoms with E-state index < -0.39 is 0 Å². The Hall–Kier alpha value is -0.120. The van der Waals surface area contributed by atoms with Gasteiger partial charge in [-0.2, -0.15) is 0 Å². The van der Waals surface area contributed by atoms with Gasteiger partial charge in [-0.05, 0) is 43.6 Å². The molecule has 0 aliphatic heterocycles. The summed E-state index contributed by atoms with van der Waals surface area (Å²) in [7, 11) is 0. The van der Waals surface area contributed by atoms with Gasteiger partial charge in [-0.3, -0.25) is 0 Å². The van der Waals surface area contributed by atoms with Crippen molar-refractivity contribution < 1.29 is 9.84 Å². The van der Waals surface area contributed by atoms with Gasteiger partial charge in [0.05, 0.1) is 12.7 Å². The number of nitrogens with one attached hydrogen (secondary N) is 1. The van der Waals surface area contributed by atoms with Crippen LogP contribution in [0, 0.1) is 11.3 Å². The zero-order valence-electron chi connectivity index (χ0n) is 12.5. The van der Waals surface area contributed by atoms with Gasteiger partial charge in [0.25, 0.3) is 0 Å². The van der Waals surface area contributed by atoms with Crippen molar-refractivity contribution in [2.45, 2.75) is 65.5 Å². The summed E-state index contributed by atoms with van der Waals surface area (Å²) >= 11 is 0. The largest absolute Gasteiger partial charge is 0.395 e. The van der Waals surface area contributed by atoms with Crippen LogP contribution in [0.4, 0.5) is 0 Å². The second-order valence-electron chi connectivity index (χ2n) is 6.63. The quantitative estimate of drug-likeness (QED) is 0.736. The zero-order valence-corrected chi connectivity index (χ0v) is 12.5. The summed E-state index contributed by atoms with van der Waals surface area (Å²) in [4.78, 5) is 0. The molecule has 1 fully saturated rings. The van der Waals surface area contributed by atoms with E-state index in [1.165, 1.54) is 19.3 Å². The first-order valence-corrected chi connectivity index (χ1v) is 7.42. The Morgan fingerprint density at radius 2 is 2.11 bits per heavy atom. The molecule has 1 aliphatic rings. The second kappa shape index (κ2) is 7.46. The van der Waals surface area contributed by atoms with Gasteiger partial charge in [0.15, 0.2) is 0 Å². The molecular formula is C15H31NO2. The van der Waals surface area contributed by atoms with Crippen LogP contribution in [0.3, 0.4) is 0 Å². The molecule has 0 spiro atoms. The standard InChI is InChI=1S/C15H31NO2/c1-5-16-13(11-17)6-7-18-14-8-12(2)9-15(3,4)10-14/h12-14,16-17H,5-11H2,1-4H3. The summed E-state index contributed by atoms with van der Waals surface area (Å²) in [5.41, 5.74) is 0.417. The highest BCUT2D eigenvalue weighted by molar-refractivity contribution is 4.83. The number of ether oxygens (including phenoxy) is 1. The molecule has 0 aromatic carbocycles. The van der Waals surface area contributed by atoms with Crippen molar-refractivity contribution in [1.29, 1.82) is 0 Å². The molecule has 1 rings (SSSR count). The van der Waals surface area contributed by atoms with Crippen LogP contribution in [0.5, 0.6) is 0 Å². The normalized spacial score (nSPS) is 29.2. The third-order valence-corrected chi connectivity index (χ3v) is 3.88. The van der Waals surface area contributed by atoms with E-state index in [1.807, 2.05) is 0 Å². The van der Waals surface area contributed by atoms with Gasteiger partial charge in [-0.1, -0.05) is 27.7 Å². The van der Waals surface area contributed by atoms with Crippen molar-refractivity contribution in [3.8, 4) is 0 Å². The fourth-order valence-corrected chi connectivity index (χ4v) is 3.31. The summed E-state index contributed by atoms with van der Waals surface area (Å²) in [6, 6.07) is 0.184. The van der Waals surface area contributed by atoms with Gasteiger partial charge in [-0.25, -0.2) is 0 Å². The maximum Gasteiger partial charge on any atom is 0.0585 e. The number of rotatable bonds is 7. The molecule has 0 heterocycles. The average molecular weight is 257 g/mol. The molecule has 3 unspecified atom stereocenters. The zero-order chi connectivity index (χ0) is 13.6. The molecule has 3 nitrogen and oxygen atoms in total. The molecule has 1 aliphatic carbocycles. The van der Waals surface area contributed by atoms with Crippen LogP contribution in [0.2, 0.25) is 0 Å². The minimum absolute atomic E-state index is 0.184. The second-order valence-corrected chi connectivity index (χ2v) is 6.63. The Morgan fingerprint density at radius 1 is 1.39 bits per heavy atom. The maximum absolute atomic E-state index is 9.20. The summed E-state index contributed by atoms with van der Waals surface area (Å²) in [6.45, 7) is 10.9. The molecule has 0 aromatic rings. The van der Waals surface area contributed by atoms with Crippen LogP contribution in [-0.4, -0.2) is 37.0 Å². The van der Waals surface area contributed by atoms with Gasteiger partial charge in [-0.15, -0.1) is 0 Å². The van der Waals surface area contributed by atoms with Crippen molar-refractivity contribution >= 4 is 0 Å². The van der Waals surface area contributed by atoms with Gasteiger partial charge in [0.1, 0.15) is 0 Å². The highest BCUT2D eigenvalue weighted by Gasteiger charge is 2.32. The lowest BCUT2D eigenvalue weighted by molar-refractivity contribution is -0.0268. The predicted octanol–water partition coefficient (Wildman–Crippen LogP) is 2.58. The van der Waals surface area contributed by atoms with E-state index in [0.717, 1.165) is 25.5 Å². The monoisotopic (exact) mass is 257 g/mol. The molecule has 18 heavy (non-hydrogen) atoms. The number of aliphatic hydroxyl groups is 1. The van der Waals surface area contributed by atoms with Crippen molar-refractivity contribution in [3.63, 3.8) is 0 Å². The first kappa shape index (κ1) is 15.9. The van der Waals surface area contributed by atoms with Gasteiger partial charge >= 0.3 is 0 Å². The van der Waals surface area contributed by atoms with Gasteiger partial charge < -0.3 is 15.2 Å². The predicted molar refractivity (Wildman–Crippen MR) is 75.7 cm³/mol. The number of hydrogen-bond acceptors (Lipinski definition) is 3. The lowest BCUT2D eigenvalue weighted by atomic mass is 9.71. The van der Waals surface area contributed by atoms with Gasteiger partial charge in [0.2, 0.25) is 0 Å². The Balaban J connectivity index is 2.26. The maximum atomic E-state index is 9.20. The van der Waals surface area contributed by atoms with Gasteiger partial charge in [0, 0.05) is 12.6 Å². The Bertz CT molecular complexity index is 231. The van der Waals surface area contributed by atoms with Crippen LogP contribution < -0.4 is 5.32 Å². The molecule has 3 atom stereocenters. The highest BCUT2D eigenvalue weighted by atomic mass is 16.5. The lowest BCUT2D eigenvalue weighted by Crippen LogP contribution is -2.36. The lowest BCUT2D eigenvalue weighted by Gasteiger charge is -2.38. The topological polar surface area (TPSA) is 41.5 Å². The third kappa shape index (κ3) is 5.68. The Morgan fingerprint density at radius 3 is 2.67 bits per heavy atom. The molecular weight excluding hydrogens is 226 g/mol. The molecule has 1 saturated carbocycles. The molecule has 2 N–H and O–H groups in total. The van der Waals surface area contributed by atoms with Crippen LogP contribution in [0.25, 0.3) is 0 Å². The van der Waals surface area contributed by atoms with Crippen LogP contribution in [0.15, 0.2) is 0 Å². The smallest absolute Gasteiger partial charge is 0.0585 e. The first-order valence-electron chi connectivity index (χ1n) is 7.42. The van der Waals surface area contributed by atoms with Crippen LogP contribution in [0.1, 0.15) is 53.4 Å². The minimum Gasteiger partial charge on any atom is -0.395 e. The van der Waals surface area contributed by atoms with Crippen molar-refractivity contribution in [1.82, 2.24) is 5.32 Å². The van der Waals surface area contributed by atoms with Crippen LogP contribution >= 0.6 is 0 Å². The molecule has 0 aromatic heterocycles. The number of aliphatic hydroxyl groups excluding tert-OH is 1. The van der Waals surface area contributed by atoms with Crippen molar-refractivity contribution in [3.05, 3.63) is 0 Å². The van der Waals surface area contributed by atoms with Crippen LogP contribution in [-0.2, 0) is 4.74 Å². The summed E-state index contributed by atoms with van der Waals surface area (Å²) in [6.07, 6.45) is 4.97. The molecule has 0 amide bonds. The first-order chi connectivity index (χ1) is 8.46. The van der Waals surface area contributed by atoms with E-state index in [9.17, 15) is 5.11 Å². The summed E-state index contributed by atoms with van der Waals surface area (Å²) < 4.78 is 6.02. The molecule has 0 radical (unpaired) electrons. The van der Waals surface area contributed by atoms with Crippen molar-refractivity contribution in [2.75, 3.05) is 19.8 Å². The average Bonchev–Trinajstić information content (AvgIpc) is 2.25. The van der Waals surface area contributed by atoms with E-state index in [4.69, 9.17) is 4.74 Å². The molecule has 0 saturated heterocycles. The fraction of sp³-hybridized carbons (Fsp3) is 1.00.